The molecule has 6 heavy (non-hydrogen) atoms. The molecule has 0 saturated carbocycles. The summed E-state index contributed by atoms with van der Waals surface area (Å²) in [7, 11) is 0. The van der Waals surface area contributed by atoms with Gasteiger partial charge in [-0.2, -0.15) is 0 Å². The van der Waals surface area contributed by atoms with Crippen molar-refractivity contribution < 1.29 is 4.84 Å². The second-order valence-electron chi connectivity index (χ2n) is 0.931. The van der Waals surface area contributed by atoms with Crippen LogP contribution in [0.25, 0.3) is 0 Å². The first-order valence-electron chi connectivity index (χ1n) is 1.74. The molecule has 2 nitrogen and oxygen atoms in total. The molecule has 1 aliphatic heterocycles. The Morgan fingerprint density at radius 2 is 2.83 bits per heavy atom. The van der Waals surface area contributed by atoms with Crippen LogP contribution >= 0.6 is 0 Å². The van der Waals surface area contributed by atoms with Gasteiger partial charge < -0.3 is 4.84 Å². The van der Waals surface area contributed by atoms with Crippen LogP contribution < -0.4 is 0 Å². The van der Waals surface area contributed by atoms with E-state index in [1.54, 1.807) is 0 Å². The molecule has 31 valence electrons. The van der Waals surface area contributed by atoms with E-state index >= 15 is 0 Å². The lowest BCUT2D eigenvalue weighted by molar-refractivity contribution is 0.264. The predicted molar refractivity (Wildman–Crippen MR) is 22.3 cm³/mol. The van der Waals surface area contributed by atoms with Gasteiger partial charge in [-0.3, -0.25) is 0 Å². The molecule has 0 N–H and O–H groups in total. The van der Waals surface area contributed by atoms with Crippen molar-refractivity contribution in [2.75, 3.05) is 0 Å². The van der Waals surface area contributed by atoms with Crippen molar-refractivity contribution in [2.45, 2.75) is 6.42 Å². The average Bonchev–Trinajstić information content (AvgIpc) is 1.72. The minimum atomic E-state index is 0.778. The second kappa shape index (κ2) is 1.60. The molecule has 1 aliphatic rings. The summed E-state index contributed by atoms with van der Waals surface area (Å²) in [6, 6.07) is 0. The summed E-state index contributed by atoms with van der Waals surface area (Å²) in [6.45, 7) is 0. The summed E-state index contributed by atoms with van der Waals surface area (Å²) >= 11 is 0. The molecule has 1 radical (unpaired) electrons. The van der Waals surface area contributed by atoms with Crippen molar-refractivity contribution in [3.8, 4) is 0 Å². The summed E-state index contributed by atoms with van der Waals surface area (Å²) < 4.78 is 0. The van der Waals surface area contributed by atoms with E-state index in [1.165, 1.54) is 6.26 Å². The van der Waals surface area contributed by atoms with Crippen LogP contribution in [0.5, 0.6) is 0 Å². The molecule has 2 heteroatoms. The van der Waals surface area contributed by atoms with Crippen LogP contribution in [0.15, 0.2) is 17.5 Å². The maximum absolute atomic E-state index is 4.40. The van der Waals surface area contributed by atoms with E-state index in [0.29, 0.717) is 0 Å². The van der Waals surface area contributed by atoms with Crippen LogP contribution in [0.2, 0.25) is 0 Å². The summed E-state index contributed by atoms with van der Waals surface area (Å²) in [5.41, 5.74) is 0. The predicted octanol–water partition coefficient (Wildman–Crippen LogP) is 0.783. The van der Waals surface area contributed by atoms with Gasteiger partial charge in [0.05, 0.1) is 0 Å². The Morgan fingerprint density at radius 3 is 3.00 bits per heavy atom. The lowest BCUT2D eigenvalue weighted by Gasteiger charge is -1.88. The zero-order valence-electron chi connectivity index (χ0n) is 3.22. The molecule has 0 amide bonds. The lowest BCUT2D eigenvalue weighted by Crippen LogP contribution is -1.78. The minimum Gasteiger partial charge on any atom is -0.365 e. The maximum Gasteiger partial charge on any atom is 0.118 e. The fraction of sp³-hybridized carbons (Fsp3) is 0.250. The molecule has 1 rings (SSSR count). The molecule has 0 aromatic heterocycles. The summed E-state index contributed by atoms with van der Waals surface area (Å²) in [4.78, 5) is 4.40. The molecule has 0 fully saturated rings. The van der Waals surface area contributed by atoms with Crippen molar-refractivity contribution in [1.29, 1.82) is 0 Å². The molecule has 0 aromatic carbocycles. The van der Waals surface area contributed by atoms with E-state index in [-0.39, 0.29) is 0 Å². The first-order valence-corrected chi connectivity index (χ1v) is 1.74. The van der Waals surface area contributed by atoms with Crippen molar-refractivity contribution in [3.63, 3.8) is 0 Å². The standard InChI is InChI=1S/C4H4NO/c1-2-4-6-5-3-1/h2,4H,1H2. The van der Waals surface area contributed by atoms with Gasteiger partial charge in [-0.25, -0.2) is 0 Å². The molecule has 0 unspecified atom stereocenters. The zero-order valence-corrected chi connectivity index (χ0v) is 3.22. The van der Waals surface area contributed by atoms with Crippen LogP contribution in [-0.4, -0.2) is 6.21 Å². The van der Waals surface area contributed by atoms with Gasteiger partial charge in [-0.05, 0) is 6.08 Å². The molecule has 0 aliphatic carbocycles. The minimum absolute atomic E-state index is 0.778. The van der Waals surface area contributed by atoms with Crippen LogP contribution in [0.1, 0.15) is 6.42 Å². The third-order valence-corrected chi connectivity index (χ3v) is 0.483. The van der Waals surface area contributed by atoms with Crippen LogP contribution in [0.3, 0.4) is 0 Å². The van der Waals surface area contributed by atoms with Gasteiger partial charge in [0.15, 0.2) is 0 Å². The SMILES string of the molecule is [C]1=NOC=CC1. The molecular formula is C4H4NO. The van der Waals surface area contributed by atoms with Gasteiger partial charge in [0.2, 0.25) is 0 Å². The summed E-state index contributed by atoms with van der Waals surface area (Å²) in [5, 5.41) is 3.34. The average molecular weight is 82.1 g/mol. The molecule has 1 heterocycles. The van der Waals surface area contributed by atoms with Crippen molar-refractivity contribution in [3.05, 3.63) is 12.3 Å². The van der Waals surface area contributed by atoms with Crippen molar-refractivity contribution in [1.82, 2.24) is 0 Å². The van der Waals surface area contributed by atoms with Crippen molar-refractivity contribution >= 4 is 6.21 Å². The summed E-state index contributed by atoms with van der Waals surface area (Å²) in [5.74, 6) is 0. The van der Waals surface area contributed by atoms with E-state index in [1.807, 2.05) is 6.08 Å². The van der Waals surface area contributed by atoms with Gasteiger partial charge in [0.1, 0.15) is 12.5 Å². The highest BCUT2D eigenvalue weighted by Gasteiger charge is 1.78. The van der Waals surface area contributed by atoms with Crippen molar-refractivity contribution in [2.24, 2.45) is 5.16 Å². The van der Waals surface area contributed by atoms with Gasteiger partial charge in [0.25, 0.3) is 0 Å². The Balaban J connectivity index is 2.40. The Hall–Kier alpha value is -0.790. The van der Waals surface area contributed by atoms with Crippen LogP contribution in [0, 0.1) is 0 Å². The molecule has 0 atom stereocenters. The monoisotopic (exact) mass is 82.0 g/mol. The van der Waals surface area contributed by atoms with Gasteiger partial charge in [0, 0.05) is 6.42 Å². The zero-order chi connectivity index (χ0) is 4.24. The van der Waals surface area contributed by atoms with E-state index in [2.05, 4.69) is 16.2 Å². The largest absolute Gasteiger partial charge is 0.365 e. The lowest BCUT2D eigenvalue weighted by atomic mass is 10.4. The fourth-order valence-electron chi connectivity index (χ4n) is 0.249. The van der Waals surface area contributed by atoms with E-state index in [0.717, 1.165) is 6.42 Å². The number of allylic oxidation sites excluding steroid dienone is 1. The van der Waals surface area contributed by atoms with E-state index < -0.39 is 0 Å². The normalized spacial score (nSPS) is 17.3. The molecule has 0 spiro atoms. The topological polar surface area (TPSA) is 21.6 Å². The van der Waals surface area contributed by atoms with E-state index in [4.69, 9.17) is 0 Å². The third-order valence-electron chi connectivity index (χ3n) is 0.483. The van der Waals surface area contributed by atoms with Gasteiger partial charge in [-0.1, -0.05) is 5.16 Å². The smallest absolute Gasteiger partial charge is 0.118 e. The fourth-order valence-corrected chi connectivity index (χ4v) is 0.249. The highest BCUT2D eigenvalue weighted by Crippen LogP contribution is 1.87. The number of hydrogen-bond donors (Lipinski definition) is 0. The van der Waals surface area contributed by atoms with Gasteiger partial charge in [-0.15, -0.1) is 0 Å². The molecular weight excluding hydrogens is 78.0 g/mol. The van der Waals surface area contributed by atoms with Gasteiger partial charge >= 0.3 is 0 Å². The highest BCUT2D eigenvalue weighted by atomic mass is 16.6. The Bertz CT molecular complexity index is 65.5. The number of nitrogens with zero attached hydrogens (tertiary/aromatic N) is 1. The van der Waals surface area contributed by atoms with Crippen LogP contribution in [-0.2, 0) is 4.84 Å². The molecule has 0 saturated heterocycles. The maximum atomic E-state index is 4.40. The Labute approximate surface area is 36.1 Å². The molecule has 0 aromatic rings. The molecule has 0 bridgehead atoms. The third kappa shape index (κ3) is 0.578. The second-order valence-corrected chi connectivity index (χ2v) is 0.931. The first-order chi connectivity index (χ1) is 3.00. The summed E-state index contributed by atoms with van der Waals surface area (Å²) in [6.07, 6.45) is 6.76. The quantitative estimate of drug-likeness (QED) is 0.423. The number of hydrogen-bond acceptors (Lipinski definition) is 2. The first kappa shape index (κ1) is 3.40. The Morgan fingerprint density at radius 1 is 1.83 bits per heavy atom. The van der Waals surface area contributed by atoms with E-state index in [9.17, 15) is 0 Å². The Kier molecular flexibility index (Phi) is 0.906. The highest BCUT2D eigenvalue weighted by molar-refractivity contribution is 5.59. The van der Waals surface area contributed by atoms with Crippen LogP contribution in [0.4, 0.5) is 0 Å². The number of rotatable bonds is 0.